The van der Waals surface area contributed by atoms with Crippen LogP contribution in [0.4, 0.5) is 9.59 Å². The van der Waals surface area contributed by atoms with Gasteiger partial charge in [-0.2, -0.15) is 0 Å². The van der Waals surface area contributed by atoms with Gasteiger partial charge in [0.1, 0.15) is 107 Å². The summed E-state index contributed by atoms with van der Waals surface area (Å²) < 4.78 is 11.8. The van der Waals surface area contributed by atoms with Crippen LogP contribution in [0.1, 0.15) is 143 Å². The van der Waals surface area contributed by atoms with Crippen LogP contribution in [0.5, 0.6) is 5.75 Å². The third-order valence-corrected chi connectivity index (χ3v) is 22.9. The first-order valence-electron chi connectivity index (χ1n) is 32.1. The Morgan fingerprint density at radius 1 is 0.654 bits per heavy atom. The third-order valence-electron chi connectivity index (χ3n) is 17.3. The number of ether oxygens (including phenoxy) is 2. The van der Waals surface area contributed by atoms with Crippen molar-refractivity contribution in [2.24, 2.45) is 17.6 Å². The molecular weight excluding hydrogens is 1470 g/mol. The number of carbonyl (C=O) groups excluding carboxylic acids is 8. The standard InChI is InChI=1S/C67H62N14O17S6/c1-29-47(97-66(95)69-21-49(85)86)23-81-53(29)63-79-45(28-103-63)61-75-41(24-101-61)52-36(16-17-38(72-52)60-78-42(27-102-60)55(89)71-34-12-10-33(11-13-34)65(93)94)58-76-43(25-99-58)56(90)73-39(20-48(68)84)62-80-51(30(2)104-62)46(83)19-37(54(32-6-4-3-5-7-32)98-67(96)70-22-50(87)88)59-77-44(26-100-59)57(91)74-40(64(81)92)18-31-8-14-35(82)15-9-31/h3-9,14-17,24-29,33-34,37,39-40,47,53-54,82H,10-13,18-23H2,1-2H3,(H2,68,84)(H,69,95)(H,70,96)(H,71,89)(H,73,90)(H,74,91)(H,85,86)(H,87,88)(H,93,94)/t29-,33?,34?,37-,39-,40-,47-,53-,54+/m0/s1. The Bertz CT molecular complexity index is 4790. The Hall–Kier alpha value is -10.9. The molecule has 7 amide bonds. The van der Waals surface area contributed by atoms with Crippen molar-refractivity contribution in [3.63, 3.8) is 0 Å². The molecule has 10 bridgehead atoms. The van der Waals surface area contributed by atoms with E-state index in [2.05, 4.69) is 31.6 Å². The molecule has 31 nitrogen and oxygen atoms in total. The minimum Gasteiger partial charge on any atom is -0.508 e. The largest absolute Gasteiger partial charge is 0.508 e. The summed E-state index contributed by atoms with van der Waals surface area (Å²) in [4.78, 5) is 184. The van der Waals surface area contributed by atoms with Crippen LogP contribution in [0.15, 0.2) is 93.6 Å². The van der Waals surface area contributed by atoms with Gasteiger partial charge in [0.05, 0.1) is 42.6 Å². The number of rotatable bonds is 16. The second kappa shape index (κ2) is 31.8. The van der Waals surface area contributed by atoms with E-state index in [0.717, 1.165) is 56.7 Å². The molecule has 2 fully saturated rings. The fourth-order valence-corrected chi connectivity index (χ4v) is 17.6. The number of nitrogens with one attached hydrogen (secondary N) is 5. The highest BCUT2D eigenvalue weighted by Gasteiger charge is 2.48. The van der Waals surface area contributed by atoms with Gasteiger partial charge in [-0.3, -0.25) is 43.2 Å². The number of ketones is 1. The van der Waals surface area contributed by atoms with Crippen molar-refractivity contribution in [1.29, 1.82) is 0 Å². The summed E-state index contributed by atoms with van der Waals surface area (Å²) >= 11 is 6.45. The number of aliphatic carboxylic acids is 3. The van der Waals surface area contributed by atoms with Crippen molar-refractivity contribution in [3.8, 4) is 49.1 Å². The van der Waals surface area contributed by atoms with Crippen LogP contribution in [-0.4, -0.2) is 163 Å². The number of nitrogens with zero attached hydrogens (tertiary/aromatic N) is 8. The van der Waals surface area contributed by atoms with Gasteiger partial charge in [-0.05, 0) is 68.0 Å². The number of phenols is 1. The Morgan fingerprint density at radius 3 is 1.99 bits per heavy atom. The number of thiazole rings is 6. The Morgan fingerprint density at radius 2 is 1.28 bits per heavy atom. The van der Waals surface area contributed by atoms with Crippen LogP contribution in [0.25, 0.3) is 43.4 Å². The summed E-state index contributed by atoms with van der Waals surface area (Å²) in [5.41, 5.74) is 7.85. The van der Waals surface area contributed by atoms with E-state index in [4.69, 9.17) is 45.1 Å². The topological polar surface area (TPSA) is 467 Å². The molecule has 3 aliphatic rings. The first kappa shape index (κ1) is 72.9. The molecule has 0 radical (unpaired) electrons. The number of carboxylic acids is 3. The predicted molar refractivity (Wildman–Crippen MR) is 378 cm³/mol. The summed E-state index contributed by atoms with van der Waals surface area (Å²) in [6, 6.07) is 13.5. The van der Waals surface area contributed by atoms with Gasteiger partial charge < -0.3 is 67.1 Å². The number of carboxylic acid groups (broad SMARTS) is 3. The van der Waals surface area contributed by atoms with Crippen LogP contribution in [0, 0.1) is 18.8 Å². The molecular formula is C67H62N14O17S6. The number of amides is 7. The molecule has 2 aromatic carbocycles. The Balaban J connectivity index is 0.964. The second-order valence-electron chi connectivity index (χ2n) is 24.5. The van der Waals surface area contributed by atoms with Crippen molar-refractivity contribution < 1.29 is 82.6 Å². The van der Waals surface area contributed by atoms with Crippen LogP contribution in [-0.2, 0) is 39.9 Å². The Labute approximate surface area is 613 Å². The fraction of sp³-hybridized carbons (Fsp3) is 0.313. The summed E-state index contributed by atoms with van der Waals surface area (Å²) in [7, 11) is 0. The normalized spacial score (nSPS) is 20.2. The molecule has 2 aliphatic heterocycles. The molecule has 7 aromatic heterocycles. The zero-order valence-corrected chi connectivity index (χ0v) is 59.6. The number of aryl methyl sites for hydroxylation is 1. The van der Waals surface area contributed by atoms with Crippen molar-refractivity contribution >= 4 is 133 Å². The lowest BCUT2D eigenvalue weighted by atomic mass is 9.86. The average molecular weight is 1530 g/mol. The SMILES string of the molecule is Cc1sc2nc1C(=O)C[C@@H]([C@H](OC(=O)NCC(=O)O)c1ccccc1)c1nc(cs1)C(=O)N[C@@H](Cc1ccc(O)cc1)C(=O)N1C[C@H](OC(=O)NCC(=O)O)[C@H](C)[C@H]1c1nc(cs1)-c1nc(cs1)-c1nc(-c3nc(C(=O)NC4CCC(C(=O)O)CC4)cs3)ccc1-c1nc(cs1)C(=O)N[C@H]2CC(N)=O. The number of benzene rings is 2. The van der Waals surface area contributed by atoms with E-state index in [1.807, 2.05) is 0 Å². The number of fused-ring (bicyclic) bond motifs is 16. The zero-order valence-electron chi connectivity index (χ0n) is 54.7. The zero-order chi connectivity index (χ0) is 73.6. The number of carbonyl (C=O) groups is 11. The highest BCUT2D eigenvalue weighted by Crippen LogP contribution is 2.45. The molecule has 12 rings (SSSR count). The van der Waals surface area contributed by atoms with Gasteiger partial charge in [0.15, 0.2) is 5.78 Å². The maximum atomic E-state index is 15.7. The van der Waals surface area contributed by atoms with E-state index in [0.29, 0.717) is 79.4 Å². The number of hydrogen-bond acceptors (Lipinski definition) is 27. The maximum Gasteiger partial charge on any atom is 0.408 e. The van der Waals surface area contributed by atoms with E-state index in [-0.39, 0.29) is 68.2 Å². The first-order valence-corrected chi connectivity index (χ1v) is 37.3. The van der Waals surface area contributed by atoms with E-state index in [1.54, 1.807) is 84.6 Å². The third kappa shape index (κ3) is 16.9. The predicted octanol–water partition coefficient (Wildman–Crippen LogP) is 8.18. The maximum absolute atomic E-state index is 15.7. The summed E-state index contributed by atoms with van der Waals surface area (Å²) in [6.45, 7) is 1.38. The molecule has 0 spiro atoms. The van der Waals surface area contributed by atoms with Crippen molar-refractivity contribution in [2.45, 2.75) is 101 Å². The summed E-state index contributed by atoms with van der Waals surface area (Å²) in [5, 5.41) is 61.1. The van der Waals surface area contributed by atoms with Crippen LogP contribution >= 0.6 is 68.0 Å². The number of hydrogen-bond donors (Lipinski definition) is 10. The van der Waals surface area contributed by atoms with Gasteiger partial charge in [0.2, 0.25) is 11.8 Å². The van der Waals surface area contributed by atoms with Gasteiger partial charge in [-0.15, -0.1) is 68.0 Å². The van der Waals surface area contributed by atoms with Gasteiger partial charge in [0.25, 0.3) is 17.7 Å². The van der Waals surface area contributed by atoms with Crippen molar-refractivity contribution in [1.82, 2.24) is 66.4 Å². The van der Waals surface area contributed by atoms with Gasteiger partial charge in [-0.1, -0.05) is 49.4 Å². The number of aromatic hydroxyl groups is 1. The molecule has 9 heterocycles. The summed E-state index contributed by atoms with van der Waals surface area (Å²) in [5.74, 6) is -10.5. The monoisotopic (exact) mass is 1530 g/mol. The molecule has 1 aliphatic carbocycles. The fourth-order valence-electron chi connectivity index (χ4n) is 12.2. The van der Waals surface area contributed by atoms with Crippen molar-refractivity contribution in [3.05, 3.63) is 147 Å². The van der Waals surface area contributed by atoms with Gasteiger partial charge >= 0.3 is 30.1 Å². The van der Waals surface area contributed by atoms with E-state index in [9.17, 15) is 63.6 Å². The minimum absolute atomic E-state index is 0.0505. The molecule has 104 heavy (non-hydrogen) atoms. The van der Waals surface area contributed by atoms with Crippen molar-refractivity contribution in [2.75, 3.05) is 19.6 Å². The highest BCUT2D eigenvalue weighted by atomic mass is 32.1. The highest BCUT2D eigenvalue weighted by molar-refractivity contribution is 7.15. The van der Waals surface area contributed by atoms with Gasteiger partial charge in [-0.25, -0.2) is 44.5 Å². The Kier molecular flexibility index (Phi) is 22.3. The molecule has 9 aromatic rings. The average Bonchev–Trinajstić information content (AvgIpc) is 1.61. The molecule has 37 heteroatoms. The molecule has 1 saturated heterocycles. The number of Topliss-reactive ketones (excluding diaryl/α,β-unsaturated/α-hetero) is 1. The van der Waals surface area contributed by atoms with Crippen LogP contribution in [0.3, 0.4) is 0 Å². The van der Waals surface area contributed by atoms with E-state index < -0.39 is 139 Å². The van der Waals surface area contributed by atoms with E-state index >= 15 is 9.59 Å². The molecule has 538 valence electrons. The smallest absolute Gasteiger partial charge is 0.408 e. The lowest BCUT2D eigenvalue weighted by molar-refractivity contribution is -0.143. The quantitative estimate of drug-likeness (QED) is 0.0435. The van der Waals surface area contributed by atoms with Crippen LogP contribution in [0.2, 0.25) is 0 Å². The minimum atomic E-state index is -1.46. The number of nitrogens with two attached hydrogens (primary N) is 1. The number of phenolic OH excluding ortho intramolecular Hbond substituents is 1. The second-order valence-corrected chi connectivity index (χ2v) is 30.1. The lowest BCUT2D eigenvalue weighted by Gasteiger charge is -2.29. The number of alkyl carbamates (subject to hydrolysis) is 2. The molecule has 1 saturated carbocycles. The van der Waals surface area contributed by atoms with Gasteiger partial charge in [0, 0.05) is 62.1 Å². The number of aromatic nitrogens is 7. The lowest BCUT2D eigenvalue weighted by Crippen LogP contribution is -2.50. The molecule has 11 N–H and O–H groups in total. The first-order chi connectivity index (χ1) is 49.9. The molecule has 7 atom stereocenters. The van der Waals surface area contributed by atoms with E-state index in [1.165, 1.54) is 39.1 Å². The number of primary amides is 1. The summed E-state index contributed by atoms with van der Waals surface area (Å²) in [6.07, 6.45) is -4.22. The number of pyridine rings is 1. The molecule has 0 unspecified atom stereocenters. The van der Waals surface area contributed by atoms with Crippen LogP contribution < -0.4 is 32.3 Å².